The fourth-order valence-electron chi connectivity index (χ4n) is 3.32. The molecule has 1 heterocycles. The van der Waals surface area contributed by atoms with E-state index in [1.807, 2.05) is 24.3 Å². The number of Topliss-reactive ketones (excluding diaryl/α,β-unsaturated/α-hetero) is 1. The Morgan fingerprint density at radius 1 is 1.18 bits per heavy atom. The second-order valence-corrected chi connectivity index (χ2v) is 9.00. The first-order valence-corrected chi connectivity index (χ1v) is 11.6. The van der Waals surface area contributed by atoms with Gasteiger partial charge in [-0.3, -0.25) is 9.59 Å². The van der Waals surface area contributed by atoms with Crippen LogP contribution in [-0.2, 0) is 35.0 Å². The van der Waals surface area contributed by atoms with E-state index in [2.05, 4.69) is 6.58 Å². The number of carbonyl (C=O) groups is 3. The second-order valence-electron chi connectivity index (χ2n) is 7.91. The molecule has 3 rings (SSSR count). The molecule has 2 aliphatic rings. The number of thioether (sulfide) groups is 1. The Labute approximate surface area is 197 Å². The molecule has 2 atom stereocenters. The van der Waals surface area contributed by atoms with Gasteiger partial charge in [0.05, 0.1) is 13.2 Å². The van der Waals surface area contributed by atoms with Crippen LogP contribution in [0.3, 0.4) is 0 Å². The molecule has 1 aromatic rings. The van der Waals surface area contributed by atoms with Crippen LogP contribution in [0.15, 0.2) is 63.9 Å². The van der Waals surface area contributed by atoms with Crippen LogP contribution in [0.4, 0.5) is 0 Å². The van der Waals surface area contributed by atoms with Crippen LogP contribution >= 0.6 is 11.8 Å². The topological polar surface area (TPSA) is 99.1 Å². The van der Waals surface area contributed by atoms with E-state index in [1.54, 1.807) is 19.1 Å². The molecule has 0 saturated heterocycles. The number of aliphatic hydroxyl groups is 1. The standard InChI is InChI=1S/C25H28O7S/c1-16(2)24(28)31-12-6-5-11-30-14-18(26)15-32-25(29)19-9-10-22-20(23(19)27)13-17-7-3-4-8-21(17)33-22/h3-4,7-10,18-19,26H,1,5-6,11-15H2,2H3. The summed E-state index contributed by atoms with van der Waals surface area (Å²) < 4.78 is 15.5. The van der Waals surface area contributed by atoms with E-state index in [4.69, 9.17) is 14.2 Å². The maximum absolute atomic E-state index is 12.9. The molecule has 0 bridgehead atoms. The molecule has 0 amide bonds. The average Bonchev–Trinajstić information content (AvgIpc) is 2.81. The molecular formula is C25H28O7S. The smallest absolute Gasteiger partial charge is 0.333 e. The third kappa shape index (κ3) is 6.90. The molecule has 0 saturated carbocycles. The van der Waals surface area contributed by atoms with Gasteiger partial charge in [0, 0.05) is 34.0 Å². The minimum Gasteiger partial charge on any atom is -0.462 e. The van der Waals surface area contributed by atoms with Gasteiger partial charge in [-0.1, -0.05) is 48.7 Å². The van der Waals surface area contributed by atoms with Crippen molar-refractivity contribution in [2.45, 2.75) is 37.2 Å². The number of carbonyl (C=O) groups excluding carboxylic acids is 3. The number of rotatable bonds is 11. The van der Waals surface area contributed by atoms with Gasteiger partial charge in [0.1, 0.15) is 18.6 Å². The number of ether oxygens (including phenoxy) is 3. The summed E-state index contributed by atoms with van der Waals surface area (Å²) in [6, 6.07) is 7.89. The van der Waals surface area contributed by atoms with Gasteiger partial charge in [-0.25, -0.2) is 4.79 Å². The zero-order valence-corrected chi connectivity index (χ0v) is 19.4. The largest absolute Gasteiger partial charge is 0.462 e. The first kappa shape index (κ1) is 25.0. The molecule has 1 aliphatic heterocycles. The Balaban J connectivity index is 1.34. The highest BCUT2D eigenvalue weighted by Gasteiger charge is 2.35. The summed E-state index contributed by atoms with van der Waals surface area (Å²) in [5, 5.41) is 10.00. The molecular weight excluding hydrogens is 444 g/mol. The number of fused-ring (bicyclic) bond motifs is 1. The van der Waals surface area contributed by atoms with Gasteiger partial charge in [0.15, 0.2) is 5.78 Å². The van der Waals surface area contributed by atoms with Crippen molar-refractivity contribution in [1.29, 1.82) is 0 Å². The molecule has 0 aromatic heterocycles. The third-order valence-electron chi connectivity index (χ3n) is 5.12. The van der Waals surface area contributed by atoms with E-state index < -0.39 is 24.0 Å². The first-order chi connectivity index (χ1) is 15.9. The highest BCUT2D eigenvalue weighted by Crippen LogP contribution is 2.42. The number of ketones is 1. The van der Waals surface area contributed by atoms with Gasteiger partial charge in [-0.05, 0) is 31.4 Å². The fraction of sp³-hybridized carbons (Fsp3) is 0.400. The number of unbranched alkanes of at least 4 members (excludes halogenated alkanes) is 1. The Kier molecular flexibility index (Phi) is 9.05. The lowest BCUT2D eigenvalue weighted by Gasteiger charge is -2.25. The zero-order chi connectivity index (χ0) is 23.8. The van der Waals surface area contributed by atoms with Crippen LogP contribution in [0.1, 0.15) is 25.3 Å². The van der Waals surface area contributed by atoms with E-state index >= 15 is 0 Å². The van der Waals surface area contributed by atoms with Crippen molar-refractivity contribution < 1.29 is 33.7 Å². The van der Waals surface area contributed by atoms with Gasteiger partial charge >= 0.3 is 11.9 Å². The van der Waals surface area contributed by atoms with Crippen molar-refractivity contribution in [3.63, 3.8) is 0 Å². The van der Waals surface area contributed by atoms with E-state index in [9.17, 15) is 19.5 Å². The second kappa shape index (κ2) is 12.0. The van der Waals surface area contributed by atoms with Crippen LogP contribution in [0, 0.1) is 5.92 Å². The minimum atomic E-state index is -0.996. The lowest BCUT2D eigenvalue weighted by molar-refractivity contribution is -0.153. The summed E-state index contributed by atoms with van der Waals surface area (Å²) in [6.07, 6.45) is 4.14. The Morgan fingerprint density at radius 2 is 1.94 bits per heavy atom. The Morgan fingerprint density at radius 3 is 2.73 bits per heavy atom. The normalized spacial score (nSPS) is 17.8. The maximum atomic E-state index is 12.9. The SMILES string of the molecule is C=C(C)C(=O)OCCCCOCC(O)COC(=O)C1C=CC2=C(Cc3ccccc3S2)C1=O. The van der Waals surface area contributed by atoms with Crippen LogP contribution in [0.5, 0.6) is 0 Å². The highest BCUT2D eigenvalue weighted by molar-refractivity contribution is 8.03. The van der Waals surface area contributed by atoms with Crippen molar-refractivity contribution in [1.82, 2.24) is 0 Å². The first-order valence-electron chi connectivity index (χ1n) is 10.8. The van der Waals surface area contributed by atoms with Crippen molar-refractivity contribution in [3.05, 3.63) is 64.6 Å². The van der Waals surface area contributed by atoms with Crippen LogP contribution in [0.2, 0.25) is 0 Å². The molecule has 176 valence electrons. The van der Waals surface area contributed by atoms with Crippen molar-refractivity contribution in [2.75, 3.05) is 26.4 Å². The van der Waals surface area contributed by atoms with Crippen LogP contribution < -0.4 is 0 Å². The number of benzene rings is 1. The maximum Gasteiger partial charge on any atom is 0.333 e. The highest BCUT2D eigenvalue weighted by atomic mass is 32.2. The quantitative estimate of drug-likeness (QED) is 0.227. The Bertz CT molecular complexity index is 979. The minimum absolute atomic E-state index is 0.00396. The molecule has 8 heteroatoms. The summed E-state index contributed by atoms with van der Waals surface area (Å²) in [7, 11) is 0. The summed E-state index contributed by atoms with van der Waals surface area (Å²) in [5.41, 5.74) is 2.05. The summed E-state index contributed by atoms with van der Waals surface area (Å²) in [6.45, 7) is 5.48. The van der Waals surface area contributed by atoms with E-state index in [-0.39, 0.29) is 25.6 Å². The molecule has 33 heavy (non-hydrogen) atoms. The van der Waals surface area contributed by atoms with Gasteiger partial charge < -0.3 is 19.3 Å². The van der Waals surface area contributed by atoms with Crippen LogP contribution in [0.25, 0.3) is 0 Å². The lowest BCUT2D eigenvalue weighted by atomic mass is 9.88. The monoisotopic (exact) mass is 472 g/mol. The van der Waals surface area contributed by atoms with Crippen molar-refractivity contribution in [2.24, 2.45) is 5.92 Å². The molecule has 2 unspecified atom stereocenters. The van der Waals surface area contributed by atoms with E-state index in [0.29, 0.717) is 37.0 Å². The number of esters is 2. The molecule has 0 spiro atoms. The summed E-state index contributed by atoms with van der Waals surface area (Å²) in [4.78, 5) is 38.6. The van der Waals surface area contributed by atoms with Gasteiger partial charge in [0.25, 0.3) is 0 Å². The number of aliphatic hydroxyl groups excluding tert-OH is 1. The van der Waals surface area contributed by atoms with Crippen molar-refractivity contribution >= 4 is 29.5 Å². The third-order valence-corrected chi connectivity index (χ3v) is 6.34. The number of hydrogen-bond donors (Lipinski definition) is 1. The van der Waals surface area contributed by atoms with Gasteiger partial charge in [-0.15, -0.1) is 0 Å². The van der Waals surface area contributed by atoms with E-state index in [1.165, 1.54) is 11.8 Å². The van der Waals surface area contributed by atoms with Gasteiger partial charge in [0.2, 0.25) is 0 Å². The zero-order valence-electron chi connectivity index (χ0n) is 18.6. The lowest BCUT2D eigenvalue weighted by Crippen LogP contribution is -2.32. The predicted octanol–water partition coefficient (Wildman–Crippen LogP) is 3.16. The fourth-order valence-corrected chi connectivity index (χ4v) is 4.42. The molecule has 7 nitrogen and oxygen atoms in total. The van der Waals surface area contributed by atoms with Crippen molar-refractivity contribution in [3.8, 4) is 0 Å². The molecule has 1 N–H and O–H groups in total. The molecule has 1 aromatic carbocycles. The number of allylic oxidation sites excluding steroid dienone is 2. The summed E-state index contributed by atoms with van der Waals surface area (Å²) >= 11 is 1.53. The number of hydrogen-bond acceptors (Lipinski definition) is 8. The summed E-state index contributed by atoms with van der Waals surface area (Å²) in [5.74, 6) is -2.34. The molecule has 1 aliphatic carbocycles. The Hall–Kier alpha value is -2.68. The molecule has 0 fully saturated rings. The van der Waals surface area contributed by atoms with Gasteiger partial charge in [-0.2, -0.15) is 0 Å². The van der Waals surface area contributed by atoms with E-state index in [0.717, 1.165) is 15.4 Å². The molecule has 0 radical (unpaired) electrons. The average molecular weight is 473 g/mol. The predicted molar refractivity (Wildman–Crippen MR) is 123 cm³/mol. The van der Waals surface area contributed by atoms with Crippen LogP contribution in [-0.4, -0.2) is 55.4 Å².